The first-order valence-electron chi connectivity index (χ1n) is 7.50. The third-order valence-electron chi connectivity index (χ3n) is 4.00. The minimum Gasteiger partial charge on any atom is -0.387 e. The zero-order chi connectivity index (χ0) is 17.0. The Bertz CT molecular complexity index is 632. The standard InChI is InChI=1S/C15H22F2N2O3S/c1-23(21,22)9-8-18-4-6-19(7-5-18)11-15(20)13-3-2-12(16)10-14(13)17/h2-3,10,15,20H,4-9,11H2,1H3. The van der Waals surface area contributed by atoms with Crippen molar-refractivity contribution < 1.29 is 22.3 Å². The van der Waals surface area contributed by atoms with Crippen molar-refractivity contribution in [3.8, 4) is 0 Å². The van der Waals surface area contributed by atoms with Crippen LogP contribution in [-0.2, 0) is 9.84 Å². The van der Waals surface area contributed by atoms with Crippen LogP contribution in [0, 0.1) is 11.6 Å². The number of sulfone groups is 1. The first kappa shape index (κ1) is 18.3. The van der Waals surface area contributed by atoms with Gasteiger partial charge in [0, 0.05) is 57.2 Å². The highest BCUT2D eigenvalue weighted by atomic mass is 32.2. The number of piperazine rings is 1. The number of hydrogen-bond donors (Lipinski definition) is 1. The van der Waals surface area contributed by atoms with Crippen LogP contribution >= 0.6 is 0 Å². The Morgan fingerprint density at radius 3 is 2.35 bits per heavy atom. The summed E-state index contributed by atoms with van der Waals surface area (Å²) in [6.45, 7) is 3.51. The number of hydrogen-bond acceptors (Lipinski definition) is 5. The molecular weight excluding hydrogens is 326 g/mol. The highest BCUT2D eigenvalue weighted by molar-refractivity contribution is 7.90. The number of rotatable bonds is 6. The predicted octanol–water partition coefficient (Wildman–Crippen LogP) is 0.660. The molecule has 0 saturated carbocycles. The van der Waals surface area contributed by atoms with Gasteiger partial charge in [-0.1, -0.05) is 6.07 Å². The van der Waals surface area contributed by atoms with Gasteiger partial charge in [-0.3, -0.25) is 9.80 Å². The van der Waals surface area contributed by atoms with Crippen LogP contribution in [0.5, 0.6) is 0 Å². The van der Waals surface area contributed by atoms with Gasteiger partial charge in [-0.2, -0.15) is 0 Å². The fourth-order valence-corrected chi connectivity index (χ4v) is 3.19. The molecule has 0 bridgehead atoms. The second-order valence-electron chi connectivity index (χ2n) is 5.95. The summed E-state index contributed by atoms with van der Waals surface area (Å²) in [5.41, 5.74) is 0.0888. The van der Waals surface area contributed by atoms with Crippen LogP contribution in [0.25, 0.3) is 0 Å². The van der Waals surface area contributed by atoms with E-state index < -0.39 is 27.6 Å². The lowest BCUT2D eigenvalue weighted by molar-refractivity contribution is 0.0728. The first-order chi connectivity index (χ1) is 10.7. The van der Waals surface area contributed by atoms with Gasteiger partial charge in [0.05, 0.1) is 11.9 Å². The molecule has 130 valence electrons. The lowest BCUT2D eigenvalue weighted by Crippen LogP contribution is -2.48. The zero-order valence-corrected chi connectivity index (χ0v) is 13.9. The van der Waals surface area contributed by atoms with Crippen LogP contribution in [0.3, 0.4) is 0 Å². The lowest BCUT2D eigenvalue weighted by Gasteiger charge is -2.35. The van der Waals surface area contributed by atoms with E-state index in [9.17, 15) is 22.3 Å². The number of β-amino-alcohol motifs (C(OH)–C–C–N with tert-alkyl or cyclic N) is 1. The molecule has 1 saturated heterocycles. The Labute approximate surface area is 135 Å². The molecule has 23 heavy (non-hydrogen) atoms. The Morgan fingerprint density at radius 1 is 1.17 bits per heavy atom. The van der Waals surface area contributed by atoms with Gasteiger partial charge in [0.1, 0.15) is 21.5 Å². The van der Waals surface area contributed by atoms with E-state index in [-0.39, 0.29) is 17.9 Å². The molecule has 5 nitrogen and oxygen atoms in total. The maximum Gasteiger partial charge on any atom is 0.148 e. The van der Waals surface area contributed by atoms with E-state index in [1.165, 1.54) is 12.3 Å². The van der Waals surface area contributed by atoms with Crippen molar-refractivity contribution in [3.05, 3.63) is 35.4 Å². The van der Waals surface area contributed by atoms with E-state index in [0.29, 0.717) is 32.7 Å². The van der Waals surface area contributed by atoms with Crippen LogP contribution in [-0.4, -0.2) is 74.6 Å². The molecule has 2 rings (SSSR count). The molecule has 1 aliphatic rings. The molecule has 0 radical (unpaired) electrons. The van der Waals surface area contributed by atoms with Crippen LogP contribution in [0.15, 0.2) is 18.2 Å². The summed E-state index contributed by atoms with van der Waals surface area (Å²) in [4.78, 5) is 4.05. The number of halogens is 2. The largest absolute Gasteiger partial charge is 0.387 e. The van der Waals surface area contributed by atoms with Crippen molar-refractivity contribution in [1.82, 2.24) is 9.80 Å². The van der Waals surface area contributed by atoms with Gasteiger partial charge < -0.3 is 5.11 Å². The molecule has 1 unspecified atom stereocenters. The van der Waals surface area contributed by atoms with Gasteiger partial charge in [0.25, 0.3) is 0 Å². The number of aliphatic hydroxyl groups excluding tert-OH is 1. The normalized spacial score (nSPS) is 19.0. The molecule has 8 heteroatoms. The summed E-state index contributed by atoms with van der Waals surface area (Å²) >= 11 is 0. The quantitative estimate of drug-likeness (QED) is 0.818. The van der Waals surface area contributed by atoms with Gasteiger partial charge in [-0.05, 0) is 6.07 Å². The van der Waals surface area contributed by atoms with Crippen molar-refractivity contribution in [2.45, 2.75) is 6.10 Å². The van der Waals surface area contributed by atoms with Gasteiger partial charge in [0.2, 0.25) is 0 Å². The van der Waals surface area contributed by atoms with Crippen molar-refractivity contribution in [2.24, 2.45) is 0 Å². The lowest BCUT2D eigenvalue weighted by atomic mass is 10.1. The molecule has 0 amide bonds. The summed E-state index contributed by atoms with van der Waals surface area (Å²) in [5, 5.41) is 10.1. The molecular formula is C15H22F2N2O3S. The monoisotopic (exact) mass is 348 g/mol. The Kier molecular flexibility index (Phi) is 6.07. The minimum absolute atomic E-state index is 0.0888. The number of aliphatic hydroxyl groups is 1. The molecule has 1 N–H and O–H groups in total. The number of benzene rings is 1. The smallest absolute Gasteiger partial charge is 0.148 e. The third kappa shape index (κ3) is 5.80. The van der Waals surface area contributed by atoms with Crippen LogP contribution in [0.1, 0.15) is 11.7 Å². The summed E-state index contributed by atoms with van der Waals surface area (Å²) in [5.74, 6) is -1.28. The van der Waals surface area contributed by atoms with Crippen molar-refractivity contribution in [3.63, 3.8) is 0 Å². The van der Waals surface area contributed by atoms with Crippen LogP contribution < -0.4 is 0 Å². The van der Waals surface area contributed by atoms with E-state index in [4.69, 9.17) is 0 Å². The predicted molar refractivity (Wildman–Crippen MR) is 83.9 cm³/mol. The highest BCUT2D eigenvalue weighted by Crippen LogP contribution is 2.19. The Hall–Kier alpha value is -1.09. The molecule has 1 aliphatic heterocycles. The molecule has 1 aromatic rings. The van der Waals surface area contributed by atoms with E-state index in [0.717, 1.165) is 12.1 Å². The van der Waals surface area contributed by atoms with Gasteiger partial charge in [-0.25, -0.2) is 17.2 Å². The van der Waals surface area contributed by atoms with Gasteiger partial charge in [-0.15, -0.1) is 0 Å². The topological polar surface area (TPSA) is 60.9 Å². The molecule has 1 heterocycles. The van der Waals surface area contributed by atoms with E-state index in [1.807, 2.05) is 4.90 Å². The first-order valence-corrected chi connectivity index (χ1v) is 9.56. The highest BCUT2D eigenvalue weighted by Gasteiger charge is 2.22. The van der Waals surface area contributed by atoms with Crippen molar-refractivity contribution in [2.75, 3.05) is 51.3 Å². The van der Waals surface area contributed by atoms with Crippen LogP contribution in [0.2, 0.25) is 0 Å². The van der Waals surface area contributed by atoms with Crippen molar-refractivity contribution in [1.29, 1.82) is 0 Å². The summed E-state index contributed by atoms with van der Waals surface area (Å²) in [6.07, 6.45) is 0.204. The third-order valence-corrected chi connectivity index (χ3v) is 4.92. The SMILES string of the molecule is CS(=O)(=O)CCN1CCN(CC(O)c2ccc(F)cc2F)CC1. The fraction of sp³-hybridized carbons (Fsp3) is 0.600. The van der Waals surface area contributed by atoms with E-state index in [1.54, 1.807) is 0 Å². The summed E-state index contributed by atoms with van der Waals surface area (Å²) < 4.78 is 48.9. The van der Waals surface area contributed by atoms with E-state index in [2.05, 4.69) is 4.90 Å². The average Bonchev–Trinajstić information content (AvgIpc) is 2.45. The van der Waals surface area contributed by atoms with Gasteiger partial charge >= 0.3 is 0 Å². The van der Waals surface area contributed by atoms with Gasteiger partial charge in [0.15, 0.2) is 0 Å². The molecule has 0 aromatic heterocycles. The second kappa shape index (κ2) is 7.65. The second-order valence-corrected chi connectivity index (χ2v) is 8.21. The number of nitrogens with zero attached hydrogens (tertiary/aromatic N) is 2. The Morgan fingerprint density at radius 2 is 1.78 bits per heavy atom. The zero-order valence-electron chi connectivity index (χ0n) is 13.1. The average molecular weight is 348 g/mol. The minimum atomic E-state index is -2.97. The summed E-state index contributed by atoms with van der Waals surface area (Å²) in [7, 11) is -2.97. The Balaban J connectivity index is 1.81. The van der Waals surface area contributed by atoms with E-state index >= 15 is 0 Å². The molecule has 0 aliphatic carbocycles. The molecule has 0 spiro atoms. The fourth-order valence-electron chi connectivity index (χ4n) is 2.61. The van der Waals surface area contributed by atoms with Crippen molar-refractivity contribution >= 4 is 9.84 Å². The maximum atomic E-state index is 13.6. The molecule has 1 atom stereocenters. The maximum absolute atomic E-state index is 13.6. The molecule has 1 aromatic carbocycles. The molecule has 1 fully saturated rings. The van der Waals surface area contributed by atoms with Crippen LogP contribution in [0.4, 0.5) is 8.78 Å². The summed E-state index contributed by atoms with van der Waals surface area (Å²) in [6, 6.07) is 3.16.